The number of imidazole rings is 1. The average molecular weight is 203 g/mol. The van der Waals surface area contributed by atoms with Crippen LogP contribution in [0.1, 0.15) is 5.82 Å². The third-order valence-electron chi connectivity index (χ3n) is 2.26. The Morgan fingerprint density at radius 1 is 1.60 bits per heavy atom. The molecule has 0 saturated carbocycles. The van der Waals surface area contributed by atoms with E-state index in [9.17, 15) is 0 Å². The summed E-state index contributed by atoms with van der Waals surface area (Å²) in [5.41, 5.74) is 10.4. The van der Waals surface area contributed by atoms with Crippen molar-refractivity contribution in [2.45, 2.75) is 6.61 Å². The van der Waals surface area contributed by atoms with E-state index in [-0.39, 0.29) is 6.61 Å². The van der Waals surface area contributed by atoms with Crippen LogP contribution in [0.3, 0.4) is 0 Å². The SMILES string of the molecule is Cn1c(CO)nc2cc(N=[N+]=[N-])ccc21. The Labute approximate surface area is 85.4 Å². The van der Waals surface area contributed by atoms with Crippen molar-refractivity contribution in [1.29, 1.82) is 0 Å². The van der Waals surface area contributed by atoms with Crippen LogP contribution in [0.25, 0.3) is 21.5 Å². The first-order valence-corrected chi connectivity index (χ1v) is 4.37. The fourth-order valence-corrected chi connectivity index (χ4v) is 1.49. The van der Waals surface area contributed by atoms with Crippen LogP contribution >= 0.6 is 0 Å². The molecule has 2 aromatic rings. The van der Waals surface area contributed by atoms with Gasteiger partial charge in [-0.05, 0) is 17.7 Å². The number of hydrogen-bond donors (Lipinski definition) is 1. The summed E-state index contributed by atoms with van der Waals surface area (Å²) >= 11 is 0. The minimum atomic E-state index is -0.109. The number of benzene rings is 1. The molecule has 76 valence electrons. The van der Waals surface area contributed by atoms with Crippen LogP contribution in [-0.4, -0.2) is 14.7 Å². The van der Waals surface area contributed by atoms with Crippen LogP contribution in [-0.2, 0) is 13.7 Å². The van der Waals surface area contributed by atoms with E-state index < -0.39 is 0 Å². The summed E-state index contributed by atoms with van der Waals surface area (Å²) in [6.45, 7) is -0.109. The van der Waals surface area contributed by atoms with Crippen LogP contribution in [0.5, 0.6) is 0 Å². The van der Waals surface area contributed by atoms with Crippen molar-refractivity contribution in [3.63, 3.8) is 0 Å². The topological polar surface area (TPSA) is 86.8 Å². The van der Waals surface area contributed by atoms with Gasteiger partial charge in [0.1, 0.15) is 12.4 Å². The molecule has 1 aromatic carbocycles. The molecule has 1 aromatic heterocycles. The third kappa shape index (κ3) is 1.52. The van der Waals surface area contributed by atoms with Gasteiger partial charge < -0.3 is 9.67 Å². The predicted molar refractivity (Wildman–Crippen MR) is 55.4 cm³/mol. The van der Waals surface area contributed by atoms with Crippen LogP contribution in [0.2, 0.25) is 0 Å². The lowest BCUT2D eigenvalue weighted by Crippen LogP contribution is -1.96. The minimum absolute atomic E-state index is 0.109. The number of rotatable bonds is 2. The van der Waals surface area contributed by atoms with Crippen molar-refractivity contribution in [3.8, 4) is 0 Å². The van der Waals surface area contributed by atoms with Crippen molar-refractivity contribution in [1.82, 2.24) is 9.55 Å². The molecule has 0 amide bonds. The zero-order chi connectivity index (χ0) is 10.8. The molecule has 2 rings (SSSR count). The van der Waals surface area contributed by atoms with Gasteiger partial charge in [-0.1, -0.05) is 11.2 Å². The summed E-state index contributed by atoms with van der Waals surface area (Å²) < 4.78 is 1.80. The maximum atomic E-state index is 9.03. The van der Waals surface area contributed by atoms with E-state index in [0.717, 1.165) is 5.52 Å². The van der Waals surface area contributed by atoms with E-state index in [0.29, 0.717) is 17.0 Å². The Morgan fingerprint density at radius 2 is 2.40 bits per heavy atom. The second-order valence-corrected chi connectivity index (χ2v) is 3.11. The first-order chi connectivity index (χ1) is 7.26. The van der Waals surface area contributed by atoms with Gasteiger partial charge in [0.25, 0.3) is 0 Å². The zero-order valence-electron chi connectivity index (χ0n) is 8.12. The number of aliphatic hydroxyl groups is 1. The highest BCUT2D eigenvalue weighted by Gasteiger charge is 2.06. The summed E-state index contributed by atoms with van der Waals surface area (Å²) in [5, 5.41) is 12.5. The molecule has 0 bridgehead atoms. The number of aliphatic hydroxyl groups excluding tert-OH is 1. The molecule has 0 aliphatic rings. The molecule has 15 heavy (non-hydrogen) atoms. The van der Waals surface area contributed by atoms with Gasteiger partial charge in [-0.3, -0.25) is 0 Å². The lowest BCUT2D eigenvalue weighted by atomic mass is 10.3. The average Bonchev–Trinajstić information content (AvgIpc) is 2.56. The molecule has 6 heteroatoms. The molecule has 0 spiro atoms. The number of azide groups is 1. The van der Waals surface area contributed by atoms with Crippen molar-refractivity contribution in [2.24, 2.45) is 12.2 Å². The van der Waals surface area contributed by atoms with E-state index in [1.165, 1.54) is 0 Å². The van der Waals surface area contributed by atoms with Crippen molar-refractivity contribution < 1.29 is 5.11 Å². The summed E-state index contributed by atoms with van der Waals surface area (Å²) in [7, 11) is 1.83. The second-order valence-electron chi connectivity index (χ2n) is 3.11. The Bertz CT molecular complexity index is 553. The van der Waals surface area contributed by atoms with Crippen LogP contribution < -0.4 is 0 Å². The lowest BCUT2D eigenvalue weighted by molar-refractivity contribution is 0.268. The van der Waals surface area contributed by atoms with Crippen LogP contribution in [0.4, 0.5) is 5.69 Å². The third-order valence-corrected chi connectivity index (χ3v) is 2.26. The van der Waals surface area contributed by atoms with E-state index >= 15 is 0 Å². The smallest absolute Gasteiger partial charge is 0.135 e. The molecular formula is C9H9N5O. The fraction of sp³-hybridized carbons (Fsp3) is 0.222. The molecule has 0 unspecified atom stereocenters. The normalized spacial score (nSPS) is 10.3. The second kappa shape index (κ2) is 3.61. The Hall–Kier alpha value is -2.04. The van der Waals surface area contributed by atoms with E-state index in [2.05, 4.69) is 15.0 Å². The molecule has 0 saturated heterocycles. The molecule has 0 radical (unpaired) electrons. The number of nitrogens with zero attached hydrogens (tertiary/aromatic N) is 5. The van der Waals surface area contributed by atoms with Gasteiger partial charge in [0.2, 0.25) is 0 Å². The number of aryl methyl sites for hydroxylation is 1. The molecule has 1 N–H and O–H groups in total. The van der Waals surface area contributed by atoms with Crippen LogP contribution in [0, 0.1) is 0 Å². The minimum Gasteiger partial charge on any atom is -0.388 e. The van der Waals surface area contributed by atoms with Crippen molar-refractivity contribution in [3.05, 3.63) is 34.5 Å². The summed E-state index contributed by atoms with van der Waals surface area (Å²) in [6.07, 6.45) is 0. The van der Waals surface area contributed by atoms with Crippen LogP contribution in [0.15, 0.2) is 23.3 Å². The highest BCUT2D eigenvalue weighted by molar-refractivity contribution is 5.79. The Morgan fingerprint density at radius 3 is 3.07 bits per heavy atom. The Kier molecular flexibility index (Phi) is 2.29. The lowest BCUT2D eigenvalue weighted by Gasteiger charge is -1.97. The van der Waals surface area contributed by atoms with Gasteiger partial charge in [-0.25, -0.2) is 4.98 Å². The number of aromatic nitrogens is 2. The van der Waals surface area contributed by atoms with Gasteiger partial charge in [0.05, 0.1) is 11.0 Å². The standard InChI is InChI=1S/C9H9N5O/c1-14-8-3-2-6(12-13-10)4-7(8)11-9(14)5-15/h2-4,15H,5H2,1H3. The van der Waals surface area contributed by atoms with Crippen molar-refractivity contribution in [2.75, 3.05) is 0 Å². The van der Waals surface area contributed by atoms with Gasteiger partial charge >= 0.3 is 0 Å². The maximum Gasteiger partial charge on any atom is 0.135 e. The Balaban J connectivity index is 2.67. The van der Waals surface area contributed by atoms with Gasteiger partial charge in [0, 0.05) is 17.6 Å². The molecule has 6 nitrogen and oxygen atoms in total. The molecular weight excluding hydrogens is 194 g/mol. The maximum absolute atomic E-state index is 9.03. The van der Waals surface area contributed by atoms with Gasteiger partial charge in [-0.15, -0.1) is 0 Å². The zero-order valence-corrected chi connectivity index (χ0v) is 8.12. The number of fused-ring (bicyclic) bond motifs is 1. The molecule has 0 aliphatic heterocycles. The molecule has 1 heterocycles. The summed E-state index contributed by atoms with van der Waals surface area (Å²) in [6, 6.07) is 5.21. The van der Waals surface area contributed by atoms with E-state index in [4.69, 9.17) is 10.6 Å². The van der Waals surface area contributed by atoms with E-state index in [1.54, 1.807) is 16.7 Å². The number of hydrogen-bond acceptors (Lipinski definition) is 3. The summed E-state index contributed by atoms with van der Waals surface area (Å²) in [4.78, 5) is 6.91. The largest absolute Gasteiger partial charge is 0.388 e. The first-order valence-electron chi connectivity index (χ1n) is 4.37. The first kappa shape index (κ1) is 9.51. The molecule has 0 fully saturated rings. The molecule has 0 atom stereocenters. The highest BCUT2D eigenvalue weighted by Crippen LogP contribution is 2.21. The van der Waals surface area contributed by atoms with E-state index in [1.807, 2.05) is 13.1 Å². The van der Waals surface area contributed by atoms with Crippen molar-refractivity contribution >= 4 is 16.7 Å². The predicted octanol–water partition coefficient (Wildman–Crippen LogP) is 2.01. The van der Waals surface area contributed by atoms with Gasteiger partial charge in [-0.2, -0.15) is 0 Å². The van der Waals surface area contributed by atoms with Gasteiger partial charge in [0.15, 0.2) is 0 Å². The summed E-state index contributed by atoms with van der Waals surface area (Å²) in [5.74, 6) is 0.586. The molecule has 0 aliphatic carbocycles. The fourth-order valence-electron chi connectivity index (χ4n) is 1.49. The highest BCUT2D eigenvalue weighted by atomic mass is 16.3. The monoisotopic (exact) mass is 203 g/mol. The quantitative estimate of drug-likeness (QED) is 0.459.